The van der Waals surface area contributed by atoms with Crippen molar-refractivity contribution in [2.75, 3.05) is 11.1 Å². The second kappa shape index (κ2) is 5.88. The molecule has 1 atom stereocenters. The van der Waals surface area contributed by atoms with Crippen molar-refractivity contribution >= 4 is 22.7 Å². The summed E-state index contributed by atoms with van der Waals surface area (Å²) in [7, 11) is 0. The number of nitrogens with one attached hydrogen (secondary N) is 1. The van der Waals surface area contributed by atoms with Gasteiger partial charge in [0.15, 0.2) is 0 Å². The molecule has 2 aromatic rings. The summed E-state index contributed by atoms with van der Waals surface area (Å²) in [6, 6.07) is 0.682. The number of thiazole rings is 1. The van der Waals surface area contributed by atoms with Gasteiger partial charge in [-0.25, -0.2) is 9.97 Å². The highest BCUT2D eigenvalue weighted by Crippen LogP contribution is 2.33. The van der Waals surface area contributed by atoms with Crippen molar-refractivity contribution in [3.05, 3.63) is 34.0 Å². The Bertz CT molecular complexity index is 624. The smallest absolute Gasteiger partial charge is 0.396 e. The summed E-state index contributed by atoms with van der Waals surface area (Å²) in [6.07, 6.45) is -0.837. The molecular weight excluding hydrogens is 301 g/mol. The lowest BCUT2D eigenvalue weighted by atomic mass is 10.2. The van der Waals surface area contributed by atoms with E-state index in [1.54, 1.807) is 6.20 Å². The van der Waals surface area contributed by atoms with Gasteiger partial charge in [-0.3, -0.25) is 0 Å². The molecule has 3 N–H and O–H groups in total. The molecule has 0 aliphatic rings. The Hall–Kier alpha value is -1.83. The summed E-state index contributed by atoms with van der Waals surface area (Å²) in [5.41, 5.74) is 5.08. The number of halogens is 3. The Balaban J connectivity index is 2.22. The summed E-state index contributed by atoms with van der Waals surface area (Å²) in [4.78, 5) is 8.69. The fourth-order valence-corrected chi connectivity index (χ4v) is 2.59. The summed E-state index contributed by atoms with van der Waals surface area (Å²) in [6.45, 7) is 3.84. The first-order valence-corrected chi connectivity index (χ1v) is 7.16. The molecule has 21 heavy (non-hydrogen) atoms. The number of aromatic nitrogens is 2. The Morgan fingerprint density at radius 3 is 2.62 bits per heavy atom. The second-order valence-corrected chi connectivity index (χ2v) is 5.69. The van der Waals surface area contributed by atoms with E-state index in [0.717, 1.165) is 28.6 Å². The van der Waals surface area contributed by atoms with Gasteiger partial charge >= 0.3 is 6.18 Å². The molecular formula is C13H15F3N4S. The van der Waals surface area contributed by atoms with Crippen molar-refractivity contribution < 1.29 is 13.2 Å². The van der Waals surface area contributed by atoms with Crippen LogP contribution in [0.25, 0.3) is 0 Å². The SMILES string of the molecule is CCc1cnc(C(C)Nc2cc(C(F)(F)F)ncc2N)s1. The normalized spacial score (nSPS) is 13.2. The maximum atomic E-state index is 12.7. The minimum Gasteiger partial charge on any atom is -0.396 e. The third kappa shape index (κ3) is 3.63. The zero-order valence-electron chi connectivity index (χ0n) is 11.5. The molecule has 1 unspecified atom stereocenters. The molecule has 0 aromatic carbocycles. The van der Waals surface area contributed by atoms with Gasteiger partial charge in [-0.1, -0.05) is 6.92 Å². The van der Waals surface area contributed by atoms with Crippen molar-refractivity contribution in [3.8, 4) is 0 Å². The van der Waals surface area contributed by atoms with Gasteiger partial charge in [-0.2, -0.15) is 13.2 Å². The average molecular weight is 316 g/mol. The molecule has 2 aromatic heterocycles. The number of nitrogen functional groups attached to an aromatic ring is 1. The highest BCUT2D eigenvalue weighted by atomic mass is 32.1. The quantitative estimate of drug-likeness (QED) is 0.898. The molecule has 0 saturated carbocycles. The zero-order valence-corrected chi connectivity index (χ0v) is 12.3. The molecule has 114 valence electrons. The van der Waals surface area contributed by atoms with E-state index in [-0.39, 0.29) is 17.4 Å². The number of pyridine rings is 1. The van der Waals surface area contributed by atoms with E-state index in [0.29, 0.717) is 0 Å². The molecule has 0 saturated heterocycles. The Morgan fingerprint density at radius 2 is 2.05 bits per heavy atom. The molecule has 0 amide bonds. The highest BCUT2D eigenvalue weighted by molar-refractivity contribution is 7.11. The van der Waals surface area contributed by atoms with Gasteiger partial charge in [0.2, 0.25) is 0 Å². The van der Waals surface area contributed by atoms with Crippen molar-refractivity contribution in [3.63, 3.8) is 0 Å². The van der Waals surface area contributed by atoms with Gasteiger partial charge in [0.25, 0.3) is 0 Å². The summed E-state index contributed by atoms with van der Waals surface area (Å²) < 4.78 is 38.0. The van der Waals surface area contributed by atoms with Crippen molar-refractivity contribution in [2.24, 2.45) is 0 Å². The molecule has 0 bridgehead atoms. The zero-order chi connectivity index (χ0) is 15.6. The molecule has 0 aliphatic heterocycles. The van der Waals surface area contributed by atoms with Crippen LogP contribution >= 0.6 is 11.3 Å². The van der Waals surface area contributed by atoms with E-state index < -0.39 is 11.9 Å². The van der Waals surface area contributed by atoms with E-state index >= 15 is 0 Å². The molecule has 0 aliphatic carbocycles. The first-order chi connectivity index (χ1) is 9.81. The Kier molecular flexibility index (Phi) is 4.36. The van der Waals surface area contributed by atoms with Crippen LogP contribution in [0.2, 0.25) is 0 Å². The number of hydrogen-bond donors (Lipinski definition) is 2. The van der Waals surface area contributed by atoms with Gasteiger partial charge in [-0.15, -0.1) is 11.3 Å². The predicted octanol–water partition coefficient (Wildman–Crippen LogP) is 3.87. The maximum absolute atomic E-state index is 12.7. The molecule has 0 fully saturated rings. The van der Waals surface area contributed by atoms with Gasteiger partial charge in [0, 0.05) is 11.1 Å². The fraction of sp³-hybridized carbons (Fsp3) is 0.385. The monoisotopic (exact) mass is 316 g/mol. The molecule has 2 rings (SSSR count). The maximum Gasteiger partial charge on any atom is 0.433 e. The van der Waals surface area contributed by atoms with Gasteiger partial charge < -0.3 is 11.1 Å². The van der Waals surface area contributed by atoms with E-state index in [9.17, 15) is 13.2 Å². The largest absolute Gasteiger partial charge is 0.433 e. The number of nitrogens with two attached hydrogens (primary N) is 1. The van der Waals surface area contributed by atoms with Crippen LogP contribution in [-0.4, -0.2) is 9.97 Å². The standard InChI is InChI=1S/C13H15F3N4S/c1-3-8-5-19-12(21-8)7(2)20-10-4-11(13(14,15)16)18-6-9(10)17/h4-7H,3,17H2,1-2H3,(H,18,20). The molecule has 0 spiro atoms. The second-order valence-electron chi connectivity index (χ2n) is 4.54. The number of rotatable bonds is 4. The minimum atomic E-state index is -4.50. The number of hydrogen-bond acceptors (Lipinski definition) is 5. The Morgan fingerprint density at radius 1 is 1.33 bits per heavy atom. The third-order valence-corrected chi connectivity index (χ3v) is 4.21. The molecule has 2 heterocycles. The average Bonchev–Trinajstić information content (AvgIpc) is 2.88. The van der Waals surface area contributed by atoms with Crippen LogP contribution in [-0.2, 0) is 12.6 Å². The summed E-state index contributed by atoms with van der Waals surface area (Å²) in [5, 5.41) is 3.76. The van der Waals surface area contributed by atoms with E-state index in [4.69, 9.17) is 5.73 Å². The predicted molar refractivity (Wildman–Crippen MR) is 77.2 cm³/mol. The number of aryl methyl sites for hydroxylation is 1. The lowest BCUT2D eigenvalue weighted by Crippen LogP contribution is -2.12. The highest BCUT2D eigenvalue weighted by Gasteiger charge is 2.33. The van der Waals surface area contributed by atoms with E-state index in [2.05, 4.69) is 15.3 Å². The van der Waals surface area contributed by atoms with Gasteiger partial charge in [-0.05, 0) is 19.4 Å². The molecule has 0 radical (unpaired) electrons. The lowest BCUT2D eigenvalue weighted by Gasteiger charge is -2.16. The van der Waals surface area contributed by atoms with Crippen LogP contribution in [0.1, 0.15) is 35.5 Å². The summed E-state index contributed by atoms with van der Waals surface area (Å²) in [5.74, 6) is 0. The minimum absolute atomic E-state index is 0.169. The van der Waals surface area contributed by atoms with Crippen LogP contribution in [0.3, 0.4) is 0 Å². The van der Waals surface area contributed by atoms with Crippen molar-refractivity contribution in [1.29, 1.82) is 0 Å². The van der Waals surface area contributed by atoms with Crippen LogP contribution in [0, 0.1) is 0 Å². The van der Waals surface area contributed by atoms with Crippen LogP contribution in [0.5, 0.6) is 0 Å². The van der Waals surface area contributed by atoms with Gasteiger partial charge in [0.1, 0.15) is 10.7 Å². The van der Waals surface area contributed by atoms with Crippen LogP contribution in [0.4, 0.5) is 24.5 Å². The third-order valence-electron chi connectivity index (χ3n) is 2.89. The molecule has 4 nitrogen and oxygen atoms in total. The van der Waals surface area contributed by atoms with Crippen LogP contribution < -0.4 is 11.1 Å². The van der Waals surface area contributed by atoms with E-state index in [1.807, 2.05) is 13.8 Å². The topological polar surface area (TPSA) is 63.8 Å². The lowest BCUT2D eigenvalue weighted by molar-refractivity contribution is -0.141. The Labute approximate surface area is 124 Å². The van der Waals surface area contributed by atoms with Crippen molar-refractivity contribution in [1.82, 2.24) is 9.97 Å². The van der Waals surface area contributed by atoms with Crippen molar-refractivity contribution in [2.45, 2.75) is 32.5 Å². The molecule has 8 heteroatoms. The van der Waals surface area contributed by atoms with Crippen LogP contribution in [0.15, 0.2) is 18.5 Å². The first kappa shape index (κ1) is 15.6. The fourth-order valence-electron chi connectivity index (χ4n) is 1.73. The summed E-state index contributed by atoms with van der Waals surface area (Å²) >= 11 is 1.52. The first-order valence-electron chi connectivity index (χ1n) is 6.35. The number of nitrogens with zero attached hydrogens (tertiary/aromatic N) is 2. The number of alkyl halides is 3. The van der Waals surface area contributed by atoms with Gasteiger partial charge in [0.05, 0.1) is 23.6 Å². The number of anilines is 2. The van der Waals surface area contributed by atoms with E-state index in [1.165, 1.54) is 11.3 Å².